The summed E-state index contributed by atoms with van der Waals surface area (Å²) in [5.74, 6) is -1.16. The summed E-state index contributed by atoms with van der Waals surface area (Å²) in [4.78, 5) is 26.0. The minimum absolute atomic E-state index is 0.0262. The molecule has 1 aromatic carbocycles. The van der Waals surface area contributed by atoms with Crippen LogP contribution in [0.1, 0.15) is 48.1 Å². The Morgan fingerprint density at radius 1 is 1.08 bits per heavy atom. The zero-order valence-corrected chi connectivity index (χ0v) is 16.2. The molecule has 2 N–H and O–H groups in total. The number of carbonyl (C=O) groups is 2. The number of hydrogen-bond donors (Lipinski definition) is 2. The van der Waals surface area contributed by atoms with Crippen molar-refractivity contribution in [2.45, 2.75) is 51.4 Å². The fourth-order valence-corrected chi connectivity index (χ4v) is 4.69. The Kier molecular flexibility index (Phi) is 5.77. The SMILES string of the molecule is Cc1ccc(C)c(NC(=O)C(=O)NCC2(c3cccs3)CCCCC2)c1. The number of nitrogens with one attached hydrogen (secondary N) is 2. The summed E-state index contributed by atoms with van der Waals surface area (Å²) in [5.41, 5.74) is 2.65. The molecule has 0 aliphatic heterocycles. The Morgan fingerprint density at radius 3 is 2.54 bits per heavy atom. The highest BCUT2D eigenvalue weighted by molar-refractivity contribution is 7.10. The first-order valence-corrected chi connectivity index (χ1v) is 10.1. The lowest BCUT2D eigenvalue weighted by Crippen LogP contribution is -2.45. The number of thiophene rings is 1. The van der Waals surface area contributed by atoms with Gasteiger partial charge in [-0.1, -0.05) is 37.5 Å². The van der Waals surface area contributed by atoms with E-state index < -0.39 is 11.8 Å². The van der Waals surface area contributed by atoms with Gasteiger partial charge in [0.2, 0.25) is 0 Å². The monoisotopic (exact) mass is 370 g/mol. The van der Waals surface area contributed by atoms with E-state index >= 15 is 0 Å². The topological polar surface area (TPSA) is 58.2 Å². The third-order valence-corrected chi connectivity index (χ3v) is 6.41. The van der Waals surface area contributed by atoms with Gasteiger partial charge in [-0.2, -0.15) is 0 Å². The van der Waals surface area contributed by atoms with Crippen molar-refractivity contribution in [2.75, 3.05) is 11.9 Å². The van der Waals surface area contributed by atoms with E-state index in [9.17, 15) is 9.59 Å². The summed E-state index contributed by atoms with van der Waals surface area (Å²) in [5, 5.41) is 7.71. The average molecular weight is 371 g/mol. The second kappa shape index (κ2) is 8.04. The van der Waals surface area contributed by atoms with Crippen LogP contribution in [0.4, 0.5) is 5.69 Å². The van der Waals surface area contributed by atoms with Gasteiger partial charge in [-0.3, -0.25) is 9.59 Å². The van der Waals surface area contributed by atoms with Crippen LogP contribution < -0.4 is 10.6 Å². The maximum absolute atomic E-state index is 12.4. The van der Waals surface area contributed by atoms with Crippen molar-refractivity contribution in [3.8, 4) is 0 Å². The fraction of sp³-hybridized carbons (Fsp3) is 0.429. The molecular weight excluding hydrogens is 344 g/mol. The van der Waals surface area contributed by atoms with Crippen LogP contribution in [0.3, 0.4) is 0 Å². The van der Waals surface area contributed by atoms with Gasteiger partial charge in [0.05, 0.1) is 0 Å². The molecular formula is C21H26N2O2S. The molecule has 0 saturated heterocycles. The second-order valence-electron chi connectivity index (χ2n) is 7.27. The number of aryl methyl sites for hydroxylation is 2. The average Bonchev–Trinajstić information content (AvgIpc) is 3.19. The van der Waals surface area contributed by atoms with Crippen molar-refractivity contribution >= 4 is 28.8 Å². The Balaban J connectivity index is 1.65. The first-order valence-electron chi connectivity index (χ1n) is 9.21. The smallest absolute Gasteiger partial charge is 0.313 e. The van der Waals surface area contributed by atoms with Gasteiger partial charge in [-0.05, 0) is 55.3 Å². The van der Waals surface area contributed by atoms with Gasteiger partial charge < -0.3 is 10.6 Å². The van der Waals surface area contributed by atoms with Crippen LogP contribution in [0.2, 0.25) is 0 Å². The van der Waals surface area contributed by atoms with Crippen molar-refractivity contribution in [3.05, 3.63) is 51.7 Å². The van der Waals surface area contributed by atoms with E-state index in [2.05, 4.69) is 28.1 Å². The maximum atomic E-state index is 12.4. The zero-order valence-electron chi connectivity index (χ0n) is 15.4. The standard InChI is InChI=1S/C21H26N2O2S/c1-15-8-9-16(2)17(13-15)23-20(25)19(24)22-14-21(10-4-3-5-11-21)18-7-6-12-26-18/h6-9,12-13H,3-5,10-11,14H2,1-2H3,(H,22,24)(H,23,25). The molecule has 3 rings (SSSR count). The molecule has 1 saturated carbocycles. The third kappa shape index (κ3) is 4.15. The minimum atomic E-state index is -0.601. The lowest BCUT2D eigenvalue weighted by Gasteiger charge is -2.36. The molecule has 1 fully saturated rings. The summed E-state index contributed by atoms with van der Waals surface area (Å²) in [6, 6.07) is 10.0. The summed E-state index contributed by atoms with van der Waals surface area (Å²) < 4.78 is 0. The third-order valence-electron chi connectivity index (χ3n) is 5.29. The van der Waals surface area contributed by atoms with Crippen molar-refractivity contribution < 1.29 is 9.59 Å². The molecule has 26 heavy (non-hydrogen) atoms. The fourth-order valence-electron chi connectivity index (χ4n) is 3.70. The summed E-state index contributed by atoms with van der Waals surface area (Å²) >= 11 is 1.74. The molecule has 0 spiro atoms. The van der Waals surface area contributed by atoms with Crippen molar-refractivity contribution in [1.29, 1.82) is 0 Å². The van der Waals surface area contributed by atoms with E-state index in [1.807, 2.05) is 32.0 Å². The van der Waals surface area contributed by atoms with E-state index in [4.69, 9.17) is 0 Å². The highest BCUT2D eigenvalue weighted by Crippen LogP contribution is 2.41. The molecule has 1 aliphatic carbocycles. The molecule has 5 heteroatoms. The zero-order chi connectivity index (χ0) is 18.6. The second-order valence-corrected chi connectivity index (χ2v) is 8.22. The van der Waals surface area contributed by atoms with Gasteiger partial charge in [0.15, 0.2) is 0 Å². The molecule has 0 atom stereocenters. The number of carbonyl (C=O) groups excluding carboxylic acids is 2. The van der Waals surface area contributed by atoms with Crippen LogP contribution in [0.5, 0.6) is 0 Å². The van der Waals surface area contributed by atoms with Crippen molar-refractivity contribution in [1.82, 2.24) is 5.32 Å². The number of amides is 2. The molecule has 0 radical (unpaired) electrons. The number of hydrogen-bond acceptors (Lipinski definition) is 3. The Labute approximate surface area is 159 Å². The van der Waals surface area contributed by atoms with E-state index in [1.165, 1.54) is 24.1 Å². The van der Waals surface area contributed by atoms with Crippen molar-refractivity contribution in [2.24, 2.45) is 0 Å². The first-order chi connectivity index (χ1) is 12.5. The van der Waals surface area contributed by atoms with Gasteiger partial charge in [0.25, 0.3) is 0 Å². The molecule has 138 valence electrons. The largest absolute Gasteiger partial charge is 0.347 e. The van der Waals surface area contributed by atoms with Crippen LogP contribution >= 0.6 is 11.3 Å². The molecule has 2 amide bonds. The van der Waals surface area contributed by atoms with Gasteiger partial charge in [-0.25, -0.2) is 0 Å². The minimum Gasteiger partial charge on any atom is -0.347 e. The van der Waals surface area contributed by atoms with Gasteiger partial charge in [0.1, 0.15) is 0 Å². The predicted octanol–water partition coefficient (Wildman–Crippen LogP) is 4.32. The Morgan fingerprint density at radius 2 is 1.85 bits per heavy atom. The number of benzene rings is 1. The van der Waals surface area contributed by atoms with Crippen LogP contribution in [0.15, 0.2) is 35.7 Å². The van der Waals surface area contributed by atoms with Crippen LogP contribution in [0.25, 0.3) is 0 Å². The molecule has 0 bridgehead atoms. The summed E-state index contributed by atoms with van der Waals surface area (Å²) in [6.45, 7) is 4.40. The van der Waals surface area contributed by atoms with Crippen LogP contribution in [-0.2, 0) is 15.0 Å². The number of rotatable bonds is 4. The van der Waals surface area contributed by atoms with E-state index in [0.29, 0.717) is 12.2 Å². The summed E-state index contributed by atoms with van der Waals surface area (Å²) in [7, 11) is 0. The lowest BCUT2D eigenvalue weighted by atomic mass is 9.73. The molecule has 0 unspecified atom stereocenters. The van der Waals surface area contributed by atoms with E-state index in [1.54, 1.807) is 11.3 Å². The van der Waals surface area contributed by atoms with Gasteiger partial charge in [-0.15, -0.1) is 11.3 Å². The highest BCUT2D eigenvalue weighted by atomic mass is 32.1. The van der Waals surface area contributed by atoms with E-state index in [0.717, 1.165) is 24.0 Å². The quantitative estimate of drug-likeness (QED) is 0.788. The molecule has 1 aliphatic rings. The lowest BCUT2D eigenvalue weighted by molar-refractivity contribution is -0.136. The number of anilines is 1. The van der Waals surface area contributed by atoms with Crippen LogP contribution in [-0.4, -0.2) is 18.4 Å². The normalized spacial score (nSPS) is 16.1. The Hall–Kier alpha value is -2.14. The van der Waals surface area contributed by atoms with Gasteiger partial charge >= 0.3 is 11.8 Å². The maximum Gasteiger partial charge on any atom is 0.313 e. The first kappa shape index (κ1) is 18.6. The molecule has 1 aromatic heterocycles. The Bertz CT molecular complexity index is 777. The van der Waals surface area contributed by atoms with Crippen molar-refractivity contribution in [3.63, 3.8) is 0 Å². The highest BCUT2D eigenvalue weighted by Gasteiger charge is 2.35. The molecule has 2 aromatic rings. The predicted molar refractivity (Wildman–Crippen MR) is 107 cm³/mol. The van der Waals surface area contributed by atoms with E-state index in [-0.39, 0.29) is 5.41 Å². The molecule has 4 nitrogen and oxygen atoms in total. The van der Waals surface area contributed by atoms with Gasteiger partial charge in [0, 0.05) is 22.5 Å². The summed E-state index contributed by atoms with van der Waals surface area (Å²) in [6.07, 6.45) is 5.71. The molecule has 1 heterocycles. The van der Waals surface area contributed by atoms with Crippen LogP contribution in [0, 0.1) is 13.8 Å².